The molecule has 0 aliphatic carbocycles. The highest BCUT2D eigenvalue weighted by Gasteiger charge is 2.34. The molecule has 3 aromatic rings. The highest BCUT2D eigenvalue weighted by Crippen LogP contribution is 2.36. The number of benzene rings is 2. The normalized spacial score (nSPS) is 15.9. The van der Waals surface area contributed by atoms with Crippen molar-refractivity contribution in [3.05, 3.63) is 83.1 Å². The van der Waals surface area contributed by atoms with E-state index in [2.05, 4.69) is 20.7 Å². The van der Waals surface area contributed by atoms with Gasteiger partial charge < -0.3 is 10.6 Å². The van der Waals surface area contributed by atoms with Crippen LogP contribution in [0.5, 0.6) is 0 Å². The van der Waals surface area contributed by atoms with Gasteiger partial charge >= 0.3 is 0 Å². The van der Waals surface area contributed by atoms with E-state index in [1.807, 2.05) is 31.2 Å². The lowest BCUT2D eigenvalue weighted by Crippen LogP contribution is -2.32. The summed E-state index contributed by atoms with van der Waals surface area (Å²) in [7, 11) is 0. The molecule has 1 aromatic heterocycles. The van der Waals surface area contributed by atoms with E-state index in [-0.39, 0.29) is 5.91 Å². The Morgan fingerprint density at radius 1 is 1.15 bits per heavy atom. The van der Waals surface area contributed by atoms with Gasteiger partial charge in [-0.2, -0.15) is 10.1 Å². The molecule has 6 nitrogen and oxygen atoms in total. The number of rotatable bonds is 3. The predicted molar refractivity (Wildman–Crippen MR) is 101 cm³/mol. The van der Waals surface area contributed by atoms with Gasteiger partial charge in [-0.1, -0.05) is 36.4 Å². The van der Waals surface area contributed by atoms with Crippen LogP contribution in [0.15, 0.2) is 66.1 Å². The van der Waals surface area contributed by atoms with Gasteiger partial charge in [-0.15, -0.1) is 0 Å². The Balaban J connectivity index is 1.80. The number of amides is 1. The largest absolute Gasteiger partial charge is 0.328 e. The minimum Gasteiger partial charge on any atom is -0.328 e. The van der Waals surface area contributed by atoms with Gasteiger partial charge in [0.05, 0.1) is 5.57 Å². The molecule has 0 spiro atoms. The van der Waals surface area contributed by atoms with Crippen molar-refractivity contribution in [2.75, 3.05) is 10.6 Å². The third-order valence-electron chi connectivity index (χ3n) is 4.63. The summed E-state index contributed by atoms with van der Waals surface area (Å²) in [5.41, 5.74) is 3.01. The molecule has 1 amide bonds. The van der Waals surface area contributed by atoms with Crippen LogP contribution in [0.2, 0.25) is 0 Å². The number of aryl methyl sites for hydroxylation is 1. The molecule has 2 aromatic carbocycles. The summed E-state index contributed by atoms with van der Waals surface area (Å²) in [6, 6.07) is 13.2. The summed E-state index contributed by atoms with van der Waals surface area (Å²) in [5, 5.41) is 10.2. The van der Waals surface area contributed by atoms with Crippen LogP contribution >= 0.6 is 0 Å². The van der Waals surface area contributed by atoms with Crippen LogP contribution in [-0.2, 0) is 4.79 Å². The second-order valence-corrected chi connectivity index (χ2v) is 6.38. The summed E-state index contributed by atoms with van der Waals surface area (Å²) in [4.78, 5) is 17.3. The Morgan fingerprint density at radius 2 is 1.89 bits per heavy atom. The highest BCUT2D eigenvalue weighted by atomic mass is 19.1. The Hall–Kier alpha value is -3.48. The number of carbonyl (C=O) groups is 1. The highest BCUT2D eigenvalue weighted by molar-refractivity contribution is 6.06. The average Bonchev–Trinajstić information content (AvgIpc) is 3.11. The molecule has 4 rings (SSSR count). The molecular formula is C20H18FN5O. The number of nitrogens with one attached hydrogen (secondary N) is 2. The van der Waals surface area contributed by atoms with Crippen molar-refractivity contribution < 1.29 is 9.18 Å². The molecule has 0 radical (unpaired) electrons. The van der Waals surface area contributed by atoms with E-state index in [9.17, 15) is 9.18 Å². The zero-order valence-electron chi connectivity index (χ0n) is 14.9. The minimum atomic E-state index is -0.714. The molecule has 0 bridgehead atoms. The number of para-hydroxylation sites is 1. The van der Waals surface area contributed by atoms with Crippen molar-refractivity contribution in [3.8, 4) is 0 Å². The van der Waals surface area contributed by atoms with Crippen LogP contribution in [0.3, 0.4) is 0 Å². The van der Waals surface area contributed by atoms with Gasteiger partial charge in [-0.3, -0.25) is 4.79 Å². The number of aromatic nitrogens is 3. The number of nitrogens with zero attached hydrogens (tertiary/aromatic N) is 3. The number of hydrogen-bond acceptors (Lipinski definition) is 4. The summed E-state index contributed by atoms with van der Waals surface area (Å²) < 4.78 is 16.1. The van der Waals surface area contributed by atoms with Gasteiger partial charge in [-0.05, 0) is 31.5 Å². The zero-order chi connectivity index (χ0) is 19.0. The van der Waals surface area contributed by atoms with Gasteiger partial charge in [0.2, 0.25) is 5.95 Å². The topological polar surface area (TPSA) is 71.8 Å². The average molecular weight is 363 g/mol. The van der Waals surface area contributed by atoms with Crippen molar-refractivity contribution in [2.24, 2.45) is 0 Å². The smallest absolute Gasteiger partial charge is 0.255 e. The Bertz CT molecular complexity index is 1060. The lowest BCUT2D eigenvalue weighted by atomic mass is 9.94. The van der Waals surface area contributed by atoms with Crippen molar-refractivity contribution in [3.63, 3.8) is 0 Å². The van der Waals surface area contributed by atoms with Gasteiger partial charge in [0, 0.05) is 16.9 Å². The van der Waals surface area contributed by atoms with Gasteiger partial charge in [0.1, 0.15) is 18.2 Å². The molecule has 1 atom stereocenters. The third-order valence-corrected chi connectivity index (χ3v) is 4.63. The van der Waals surface area contributed by atoms with Crippen LogP contribution < -0.4 is 10.6 Å². The molecule has 27 heavy (non-hydrogen) atoms. The van der Waals surface area contributed by atoms with Crippen molar-refractivity contribution in [1.82, 2.24) is 14.8 Å². The number of anilines is 2. The van der Waals surface area contributed by atoms with E-state index in [4.69, 9.17) is 0 Å². The van der Waals surface area contributed by atoms with Gasteiger partial charge in [0.25, 0.3) is 5.91 Å². The third kappa shape index (κ3) is 2.97. The van der Waals surface area contributed by atoms with E-state index in [1.54, 1.807) is 25.1 Å². The van der Waals surface area contributed by atoms with E-state index in [0.717, 1.165) is 5.56 Å². The molecule has 7 heteroatoms. The summed E-state index contributed by atoms with van der Waals surface area (Å²) in [6.07, 6.45) is 1.38. The second kappa shape index (κ2) is 6.68. The molecule has 0 saturated carbocycles. The molecule has 1 aliphatic heterocycles. The first kappa shape index (κ1) is 17.0. The standard InChI is InChI=1S/C20H18FN5O/c1-12-7-3-6-10-16(12)25-19(27)17-13(2)24-20-22-11-23-26(20)18(17)14-8-4-5-9-15(14)21/h3-11,18H,1-2H3,(H,25,27)(H,22,23,24). The van der Waals surface area contributed by atoms with Crippen LogP contribution in [0.25, 0.3) is 0 Å². The first-order valence-corrected chi connectivity index (χ1v) is 8.55. The molecule has 0 saturated heterocycles. The maximum atomic E-state index is 14.6. The fourth-order valence-electron chi connectivity index (χ4n) is 3.27. The molecular weight excluding hydrogens is 345 g/mol. The predicted octanol–water partition coefficient (Wildman–Crippen LogP) is 3.65. The van der Waals surface area contributed by atoms with E-state index < -0.39 is 11.9 Å². The fraction of sp³-hybridized carbons (Fsp3) is 0.150. The van der Waals surface area contributed by atoms with Crippen LogP contribution in [0.4, 0.5) is 16.0 Å². The maximum Gasteiger partial charge on any atom is 0.255 e. The van der Waals surface area contributed by atoms with E-state index >= 15 is 0 Å². The molecule has 2 heterocycles. The van der Waals surface area contributed by atoms with Crippen LogP contribution in [0, 0.1) is 12.7 Å². The Morgan fingerprint density at radius 3 is 2.67 bits per heavy atom. The fourth-order valence-corrected chi connectivity index (χ4v) is 3.27. The molecule has 0 fully saturated rings. The molecule has 2 N–H and O–H groups in total. The second-order valence-electron chi connectivity index (χ2n) is 6.38. The van der Waals surface area contributed by atoms with Gasteiger partial charge in [-0.25, -0.2) is 9.07 Å². The molecule has 1 aliphatic rings. The molecule has 136 valence electrons. The Kier molecular flexibility index (Phi) is 4.19. The van der Waals surface area contributed by atoms with E-state index in [0.29, 0.717) is 28.5 Å². The first-order valence-electron chi connectivity index (χ1n) is 8.55. The number of hydrogen-bond donors (Lipinski definition) is 2. The quantitative estimate of drug-likeness (QED) is 0.745. The summed E-state index contributed by atoms with van der Waals surface area (Å²) in [5.74, 6) is -0.253. The Labute approximate surface area is 155 Å². The number of fused-ring (bicyclic) bond motifs is 1. The summed E-state index contributed by atoms with van der Waals surface area (Å²) >= 11 is 0. The number of halogens is 1. The van der Waals surface area contributed by atoms with Crippen LogP contribution in [0.1, 0.15) is 24.1 Å². The number of carbonyl (C=O) groups excluding carboxylic acids is 1. The molecule has 1 unspecified atom stereocenters. The monoisotopic (exact) mass is 363 g/mol. The SMILES string of the molecule is CC1=C(C(=O)Nc2ccccc2C)C(c2ccccc2F)n2ncnc2N1. The van der Waals surface area contributed by atoms with Crippen molar-refractivity contribution >= 4 is 17.5 Å². The number of allylic oxidation sites excluding steroid dienone is 1. The van der Waals surface area contributed by atoms with E-state index in [1.165, 1.54) is 17.1 Å². The van der Waals surface area contributed by atoms with Crippen molar-refractivity contribution in [2.45, 2.75) is 19.9 Å². The van der Waals surface area contributed by atoms with Gasteiger partial charge in [0.15, 0.2) is 0 Å². The van der Waals surface area contributed by atoms with Crippen LogP contribution in [-0.4, -0.2) is 20.7 Å². The maximum absolute atomic E-state index is 14.6. The van der Waals surface area contributed by atoms with Crippen molar-refractivity contribution in [1.29, 1.82) is 0 Å². The summed E-state index contributed by atoms with van der Waals surface area (Å²) in [6.45, 7) is 3.69. The lowest BCUT2D eigenvalue weighted by Gasteiger charge is -2.29. The zero-order valence-corrected chi connectivity index (χ0v) is 14.9. The first-order chi connectivity index (χ1) is 13.1. The minimum absolute atomic E-state index is 0.316. The lowest BCUT2D eigenvalue weighted by molar-refractivity contribution is -0.113.